The Bertz CT molecular complexity index is 3210. The van der Waals surface area contributed by atoms with E-state index >= 15 is 0 Å². The fourth-order valence-electron chi connectivity index (χ4n) is 27.4. The third kappa shape index (κ3) is 24.5. The van der Waals surface area contributed by atoms with Crippen molar-refractivity contribution in [3.63, 3.8) is 0 Å². The molecule has 12 aliphatic rings. The van der Waals surface area contributed by atoms with E-state index in [0.29, 0.717) is 201 Å². The fraction of sp³-hybridized carbons (Fsp3) is 0.837. The van der Waals surface area contributed by atoms with Gasteiger partial charge >= 0.3 is 47.8 Å². The number of esters is 8. The molecule has 0 radical (unpaired) electrons. The smallest absolute Gasteiger partial charge is 0.333 e. The Morgan fingerprint density at radius 3 is 1.11 bits per heavy atom. The summed E-state index contributed by atoms with van der Waals surface area (Å²) in [5.41, 5.74) is 0.432. The van der Waals surface area contributed by atoms with Crippen molar-refractivity contribution in [3.05, 3.63) is 49.1 Å². The quantitative estimate of drug-likeness (QED) is 0.0240. The highest BCUT2D eigenvalue weighted by atomic mass is 16.6. The van der Waals surface area contributed by atoms with Gasteiger partial charge in [0.2, 0.25) is 0 Å². The highest BCUT2D eigenvalue weighted by Crippen LogP contribution is 2.65. The molecule has 0 aromatic rings. The van der Waals surface area contributed by atoms with Crippen LogP contribution in [0.1, 0.15) is 304 Å². The van der Waals surface area contributed by atoms with E-state index in [9.17, 15) is 38.4 Å². The second kappa shape index (κ2) is 44.1. The Morgan fingerprint density at radius 1 is 0.316 bits per heavy atom. The third-order valence-electron chi connectivity index (χ3n) is 32.6. The summed E-state index contributed by atoms with van der Waals surface area (Å²) in [5, 5.41) is 0. The molecule has 638 valence electrons. The van der Waals surface area contributed by atoms with Crippen molar-refractivity contribution in [1.82, 2.24) is 0 Å². The number of carbonyl (C=O) groups excluding carboxylic acids is 8. The maximum Gasteiger partial charge on any atom is 0.333 e. The normalized spacial score (nSPS) is 35.8. The van der Waals surface area contributed by atoms with Crippen molar-refractivity contribution in [2.45, 2.75) is 304 Å². The SMILES string of the molecule is C=CC(=O)OCC1CC2C3CC(COC(=O)/C=C/C(=O)OCC4CC5C6CC(COC(=O)CCCCCCC7C(CCCCCC)CCC(CCCCCCCC)C7CCCCCCC(=O)OCC7CC8CCC(COC(=O)/C=C/C(=O)OCC9C[C@@H]%10CC9C9CC(COC(=O)C(=C)C)CC9%10)CC(C)C7C8)C(C6)C5C4)C(C3)C2C1. The fourth-order valence-corrected chi connectivity index (χ4v) is 27.4. The zero-order valence-electron chi connectivity index (χ0n) is 71.0. The number of carbonyl (C=O) groups is 8. The summed E-state index contributed by atoms with van der Waals surface area (Å²) < 4.78 is 46.0. The molecule has 16 heteroatoms. The Kier molecular flexibility index (Phi) is 34.1. The van der Waals surface area contributed by atoms with E-state index in [1.165, 1.54) is 184 Å². The monoisotopic (exact) mass is 1580 g/mol. The first-order chi connectivity index (χ1) is 55.4. The van der Waals surface area contributed by atoms with Gasteiger partial charge in [-0.05, 0) is 308 Å². The predicted octanol–water partition coefficient (Wildman–Crippen LogP) is 20.8. The summed E-state index contributed by atoms with van der Waals surface area (Å²) in [7, 11) is 0. The maximum atomic E-state index is 13.4. The van der Waals surface area contributed by atoms with Gasteiger partial charge < -0.3 is 37.9 Å². The van der Waals surface area contributed by atoms with Crippen LogP contribution in [0.15, 0.2) is 49.1 Å². The molecule has 0 aromatic carbocycles. The molecule has 0 saturated heterocycles. The Hall–Kier alpha value is -5.28. The summed E-state index contributed by atoms with van der Waals surface area (Å²) in [6, 6.07) is 0. The van der Waals surface area contributed by atoms with Crippen molar-refractivity contribution in [2.75, 3.05) is 52.9 Å². The zero-order chi connectivity index (χ0) is 80.0. The van der Waals surface area contributed by atoms with E-state index in [-0.39, 0.29) is 29.8 Å². The van der Waals surface area contributed by atoms with Gasteiger partial charge in [0.15, 0.2) is 0 Å². The number of unbranched alkanes of at least 4 members (excludes halogenated alkanes) is 14. The maximum absolute atomic E-state index is 13.4. The van der Waals surface area contributed by atoms with Gasteiger partial charge in [-0.15, -0.1) is 0 Å². The lowest BCUT2D eigenvalue weighted by molar-refractivity contribution is -0.146. The van der Waals surface area contributed by atoms with Crippen LogP contribution in [0.3, 0.4) is 0 Å². The highest BCUT2D eigenvalue weighted by molar-refractivity contribution is 5.92. The molecule has 12 saturated carbocycles. The van der Waals surface area contributed by atoms with Crippen LogP contribution in [0.4, 0.5) is 0 Å². The molecule has 0 heterocycles. The summed E-state index contributed by atoms with van der Waals surface area (Å²) in [5.74, 6) is 12.0. The molecule has 8 bridgehead atoms. The van der Waals surface area contributed by atoms with Gasteiger partial charge in [-0.3, -0.25) is 9.59 Å². The molecule has 27 atom stereocenters. The van der Waals surface area contributed by atoms with Crippen LogP contribution in [-0.2, 0) is 76.3 Å². The van der Waals surface area contributed by atoms with Crippen molar-refractivity contribution in [1.29, 1.82) is 0 Å². The van der Waals surface area contributed by atoms with Gasteiger partial charge in [0.1, 0.15) is 0 Å². The Balaban J connectivity index is 0.508. The van der Waals surface area contributed by atoms with Crippen LogP contribution in [-0.4, -0.2) is 101 Å². The minimum Gasteiger partial charge on any atom is -0.465 e. The van der Waals surface area contributed by atoms with Gasteiger partial charge in [-0.25, -0.2) is 28.8 Å². The average molecular weight is 1580 g/mol. The summed E-state index contributed by atoms with van der Waals surface area (Å²) in [6.45, 7) is 19.3. The number of ether oxygens (including phenoxy) is 8. The van der Waals surface area contributed by atoms with Gasteiger partial charge in [0, 0.05) is 48.8 Å². The molecule has 12 rings (SSSR count). The first-order valence-corrected chi connectivity index (χ1v) is 47.3. The minimum absolute atomic E-state index is 0.0394. The van der Waals surface area contributed by atoms with E-state index in [2.05, 4.69) is 33.9 Å². The summed E-state index contributed by atoms with van der Waals surface area (Å²) in [6.07, 6.45) is 55.9. The van der Waals surface area contributed by atoms with E-state index < -0.39 is 23.9 Å². The molecule has 0 spiro atoms. The Morgan fingerprint density at radius 2 is 0.675 bits per heavy atom. The van der Waals surface area contributed by atoms with Crippen LogP contribution in [0, 0.1) is 160 Å². The number of rotatable bonds is 48. The van der Waals surface area contributed by atoms with Crippen LogP contribution < -0.4 is 0 Å². The first-order valence-electron chi connectivity index (χ1n) is 47.3. The Labute approximate surface area is 686 Å². The van der Waals surface area contributed by atoms with Crippen molar-refractivity contribution < 1.29 is 76.3 Å². The van der Waals surface area contributed by atoms with Crippen molar-refractivity contribution in [3.8, 4) is 0 Å². The standard InChI is InChI=1S/C98H150O16/c1-7-10-12-14-15-21-27-71-35-34-70(26-20-13-11-8-2)79(28-22-17-19-25-31-93(101)111-60-76-49-72-52-85(76)89-47-68(44-83(72)89)57-109-95(103)37-39-97(105)113-61-77-50-73-53-86(77)88-46-67(43-82(73)88)56-107-91(99)9-3)80(71)29-23-16-18-24-30-92(100)110-59-75-41-65-32-33-66(40-64(6)81(75)42-65)55-108-94(102)36-38-96(104)112-62-78-51-74-54-87(78)90-48-69(45-84(74)90)58-114-98(106)63(4)5/h9,36-39,64-90H,3-4,7-8,10-35,40-62H2,1-2,5-6H3/b38-36+,39-37+/t64?,65?,66?,67?,68?,69?,70?,71?,72?,73?,74-,75?,76?,77?,78?,79?,80?,81?,82?,83?,84?,85?,86?,87?,88?,89?,90?/m1/s1. The lowest BCUT2D eigenvalue weighted by Gasteiger charge is -2.44. The molecule has 16 nitrogen and oxygen atoms in total. The third-order valence-corrected chi connectivity index (χ3v) is 32.6. The first kappa shape index (κ1) is 88.0. The predicted molar refractivity (Wildman–Crippen MR) is 441 cm³/mol. The zero-order valence-corrected chi connectivity index (χ0v) is 71.0. The van der Waals surface area contributed by atoms with Crippen molar-refractivity contribution >= 4 is 47.8 Å². The second-order valence-electron chi connectivity index (χ2n) is 39.9. The van der Waals surface area contributed by atoms with E-state index in [1.807, 2.05) is 0 Å². The molecular formula is C98H150O16. The van der Waals surface area contributed by atoms with Gasteiger partial charge in [-0.1, -0.05) is 156 Å². The van der Waals surface area contributed by atoms with Crippen LogP contribution >= 0.6 is 0 Å². The van der Waals surface area contributed by atoms with Crippen molar-refractivity contribution in [2.24, 2.45) is 160 Å². The van der Waals surface area contributed by atoms with E-state index in [4.69, 9.17) is 37.9 Å². The topological polar surface area (TPSA) is 210 Å². The largest absolute Gasteiger partial charge is 0.465 e. The molecule has 12 aliphatic carbocycles. The summed E-state index contributed by atoms with van der Waals surface area (Å²) in [4.78, 5) is 102. The number of hydrogen-bond acceptors (Lipinski definition) is 16. The molecule has 114 heavy (non-hydrogen) atoms. The van der Waals surface area contributed by atoms with Crippen LogP contribution in [0.25, 0.3) is 0 Å². The molecule has 12 fully saturated rings. The number of fused-ring (bicyclic) bond motifs is 17. The molecule has 0 N–H and O–H groups in total. The minimum atomic E-state index is -0.508. The number of hydrogen-bond donors (Lipinski definition) is 0. The molecular weight excluding hydrogens is 1430 g/mol. The van der Waals surface area contributed by atoms with Gasteiger partial charge in [-0.2, -0.15) is 0 Å². The average Bonchev–Trinajstić information content (AvgIpc) is 1.60. The highest BCUT2D eigenvalue weighted by Gasteiger charge is 2.59. The molecule has 0 amide bonds. The van der Waals surface area contributed by atoms with Gasteiger partial charge in [0.05, 0.1) is 52.9 Å². The molecule has 0 aliphatic heterocycles. The lowest BCUT2D eigenvalue weighted by atomic mass is 9.61. The van der Waals surface area contributed by atoms with Crippen LogP contribution in [0.5, 0.6) is 0 Å². The van der Waals surface area contributed by atoms with Gasteiger partial charge in [0.25, 0.3) is 0 Å². The molecule has 26 unspecified atom stereocenters. The summed E-state index contributed by atoms with van der Waals surface area (Å²) >= 11 is 0. The second-order valence-corrected chi connectivity index (χ2v) is 39.9. The lowest BCUT2D eigenvalue weighted by Crippen LogP contribution is -2.35. The van der Waals surface area contributed by atoms with E-state index in [0.717, 1.165) is 133 Å². The van der Waals surface area contributed by atoms with Crippen LogP contribution in [0.2, 0.25) is 0 Å². The van der Waals surface area contributed by atoms with E-state index in [1.54, 1.807) is 6.92 Å². The molecule has 0 aromatic heterocycles.